The quantitative estimate of drug-likeness (QED) is 0.559. The maximum absolute atomic E-state index is 13.2. The predicted octanol–water partition coefficient (Wildman–Crippen LogP) is 4.60. The number of amides is 2. The molecule has 34 heavy (non-hydrogen) atoms. The van der Waals surface area contributed by atoms with Crippen LogP contribution in [0.25, 0.3) is 10.6 Å². The molecule has 0 unspecified atom stereocenters. The Hall–Kier alpha value is -2.25. The minimum Gasteiger partial charge on any atom is -0.356 e. The van der Waals surface area contributed by atoms with Crippen molar-refractivity contribution in [3.63, 3.8) is 0 Å². The largest absolute Gasteiger partial charge is 0.356 e. The SMILES string of the molecule is Cc1nc(-c2ccccc2)sc1C(=O)N1CCC([C@H](C)C(=O)NCCCN2CCCCC2)CC1. The molecule has 0 saturated carbocycles. The summed E-state index contributed by atoms with van der Waals surface area (Å²) in [4.78, 5) is 35.7. The molecular weight excluding hydrogens is 444 g/mol. The van der Waals surface area contributed by atoms with E-state index in [4.69, 9.17) is 0 Å². The Kier molecular flexibility index (Phi) is 8.73. The third-order valence-corrected chi connectivity index (χ3v) is 8.55. The lowest BCUT2D eigenvalue weighted by Gasteiger charge is -2.34. The van der Waals surface area contributed by atoms with Gasteiger partial charge >= 0.3 is 0 Å². The highest BCUT2D eigenvalue weighted by molar-refractivity contribution is 7.17. The molecule has 184 valence electrons. The van der Waals surface area contributed by atoms with Gasteiger partial charge in [-0.1, -0.05) is 43.7 Å². The van der Waals surface area contributed by atoms with E-state index < -0.39 is 0 Å². The molecule has 1 N–H and O–H groups in total. The van der Waals surface area contributed by atoms with Gasteiger partial charge in [-0.25, -0.2) is 4.98 Å². The summed E-state index contributed by atoms with van der Waals surface area (Å²) in [6, 6.07) is 10.0. The molecule has 6 nitrogen and oxygen atoms in total. The lowest BCUT2D eigenvalue weighted by atomic mass is 9.84. The zero-order chi connectivity index (χ0) is 23.9. The van der Waals surface area contributed by atoms with Gasteiger partial charge in [0.2, 0.25) is 5.91 Å². The first-order valence-electron chi connectivity index (χ1n) is 12.8. The Balaban J connectivity index is 1.22. The molecule has 0 aliphatic carbocycles. The lowest BCUT2D eigenvalue weighted by molar-refractivity contribution is -0.126. The van der Waals surface area contributed by atoms with E-state index in [0.717, 1.165) is 53.5 Å². The summed E-state index contributed by atoms with van der Waals surface area (Å²) in [5, 5.41) is 4.04. The normalized spacial score (nSPS) is 18.6. The molecular formula is C27H38N4O2S. The third kappa shape index (κ3) is 6.25. The van der Waals surface area contributed by atoms with Crippen molar-refractivity contribution in [1.82, 2.24) is 20.1 Å². The fourth-order valence-electron chi connectivity index (χ4n) is 5.12. The number of aromatic nitrogens is 1. The van der Waals surface area contributed by atoms with E-state index in [1.165, 1.54) is 43.7 Å². The fraction of sp³-hybridized carbons (Fsp3) is 0.593. The number of carbonyl (C=O) groups is 2. The summed E-state index contributed by atoms with van der Waals surface area (Å²) in [5.74, 6) is 0.551. The fourth-order valence-corrected chi connectivity index (χ4v) is 6.16. The topological polar surface area (TPSA) is 65.5 Å². The highest BCUT2D eigenvalue weighted by atomic mass is 32.1. The van der Waals surface area contributed by atoms with Crippen molar-refractivity contribution >= 4 is 23.2 Å². The van der Waals surface area contributed by atoms with Crippen LogP contribution in [-0.2, 0) is 4.79 Å². The van der Waals surface area contributed by atoms with Crippen LogP contribution < -0.4 is 5.32 Å². The van der Waals surface area contributed by atoms with Gasteiger partial charge in [-0.05, 0) is 64.6 Å². The van der Waals surface area contributed by atoms with Crippen LogP contribution >= 0.6 is 11.3 Å². The monoisotopic (exact) mass is 482 g/mol. The lowest BCUT2D eigenvalue weighted by Crippen LogP contribution is -2.43. The van der Waals surface area contributed by atoms with Gasteiger partial charge in [-0.3, -0.25) is 9.59 Å². The summed E-state index contributed by atoms with van der Waals surface area (Å²) in [5.41, 5.74) is 1.84. The van der Waals surface area contributed by atoms with Gasteiger partial charge in [0.1, 0.15) is 9.88 Å². The van der Waals surface area contributed by atoms with Crippen LogP contribution in [0.2, 0.25) is 0 Å². The molecule has 4 rings (SSSR count). The van der Waals surface area contributed by atoms with Crippen LogP contribution in [0, 0.1) is 18.8 Å². The van der Waals surface area contributed by atoms with E-state index in [9.17, 15) is 9.59 Å². The average molecular weight is 483 g/mol. The van der Waals surface area contributed by atoms with Crippen LogP contribution in [0.3, 0.4) is 0 Å². The highest BCUT2D eigenvalue weighted by Gasteiger charge is 2.31. The second-order valence-electron chi connectivity index (χ2n) is 9.76. The van der Waals surface area contributed by atoms with Gasteiger partial charge in [-0.2, -0.15) is 0 Å². The molecule has 1 atom stereocenters. The predicted molar refractivity (Wildman–Crippen MR) is 138 cm³/mol. The molecule has 0 spiro atoms. The number of hydrogen-bond acceptors (Lipinski definition) is 5. The number of rotatable bonds is 8. The van der Waals surface area contributed by atoms with Crippen molar-refractivity contribution in [1.29, 1.82) is 0 Å². The summed E-state index contributed by atoms with van der Waals surface area (Å²) in [6.07, 6.45) is 6.73. The number of nitrogens with zero attached hydrogens (tertiary/aromatic N) is 3. The maximum atomic E-state index is 13.2. The number of carbonyl (C=O) groups excluding carboxylic acids is 2. The van der Waals surface area contributed by atoms with E-state index >= 15 is 0 Å². The van der Waals surface area contributed by atoms with Crippen molar-refractivity contribution < 1.29 is 9.59 Å². The number of nitrogens with one attached hydrogen (secondary N) is 1. The zero-order valence-corrected chi connectivity index (χ0v) is 21.4. The summed E-state index contributed by atoms with van der Waals surface area (Å²) in [7, 11) is 0. The number of hydrogen-bond donors (Lipinski definition) is 1. The van der Waals surface area contributed by atoms with Crippen LogP contribution in [-0.4, -0.2) is 65.9 Å². The second-order valence-corrected chi connectivity index (χ2v) is 10.8. The maximum Gasteiger partial charge on any atom is 0.265 e. The Labute approximate surface area is 207 Å². The number of aryl methyl sites for hydroxylation is 1. The van der Waals surface area contributed by atoms with E-state index in [2.05, 4.69) is 15.2 Å². The summed E-state index contributed by atoms with van der Waals surface area (Å²) >= 11 is 1.48. The average Bonchev–Trinajstić information content (AvgIpc) is 3.28. The van der Waals surface area contributed by atoms with Gasteiger partial charge < -0.3 is 15.1 Å². The van der Waals surface area contributed by atoms with E-state index in [-0.39, 0.29) is 17.7 Å². The first-order chi connectivity index (χ1) is 16.5. The van der Waals surface area contributed by atoms with Crippen molar-refractivity contribution in [2.45, 2.75) is 52.4 Å². The molecule has 7 heteroatoms. The Morgan fingerprint density at radius 2 is 1.79 bits per heavy atom. The molecule has 3 heterocycles. The van der Waals surface area contributed by atoms with Gasteiger partial charge in [0.25, 0.3) is 5.91 Å². The molecule has 2 saturated heterocycles. The molecule has 2 amide bonds. The van der Waals surface area contributed by atoms with Gasteiger partial charge in [0.15, 0.2) is 0 Å². The van der Waals surface area contributed by atoms with E-state index in [1.54, 1.807) is 0 Å². The molecule has 1 aromatic carbocycles. The molecule has 2 fully saturated rings. The first-order valence-corrected chi connectivity index (χ1v) is 13.7. The van der Waals surface area contributed by atoms with Crippen molar-refractivity contribution in [2.24, 2.45) is 11.8 Å². The summed E-state index contributed by atoms with van der Waals surface area (Å²) in [6.45, 7) is 9.61. The van der Waals surface area contributed by atoms with Gasteiger partial charge in [0.05, 0.1) is 5.69 Å². The van der Waals surface area contributed by atoms with Crippen LogP contribution in [0.5, 0.6) is 0 Å². The van der Waals surface area contributed by atoms with Gasteiger partial charge in [-0.15, -0.1) is 11.3 Å². The molecule has 1 aromatic heterocycles. The smallest absolute Gasteiger partial charge is 0.265 e. The second kappa shape index (κ2) is 11.9. The van der Waals surface area contributed by atoms with Crippen molar-refractivity contribution in [2.75, 3.05) is 39.3 Å². The molecule has 0 radical (unpaired) electrons. The molecule has 2 aromatic rings. The number of likely N-dealkylation sites (tertiary alicyclic amines) is 2. The summed E-state index contributed by atoms with van der Waals surface area (Å²) < 4.78 is 0. The van der Waals surface area contributed by atoms with E-state index in [0.29, 0.717) is 19.0 Å². The molecule has 0 bridgehead atoms. The molecule has 2 aliphatic rings. The third-order valence-electron chi connectivity index (χ3n) is 7.36. The van der Waals surface area contributed by atoms with Gasteiger partial charge in [0, 0.05) is 31.1 Å². The van der Waals surface area contributed by atoms with Crippen LogP contribution in [0.15, 0.2) is 30.3 Å². The van der Waals surface area contributed by atoms with Crippen molar-refractivity contribution in [3.05, 3.63) is 40.9 Å². The number of benzene rings is 1. The Bertz CT molecular complexity index is 947. The minimum absolute atomic E-state index is 0.0120. The van der Waals surface area contributed by atoms with Crippen LogP contribution in [0.1, 0.15) is 60.8 Å². The number of thiazole rings is 1. The molecule has 2 aliphatic heterocycles. The van der Waals surface area contributed by atoms with E-state index in [1.807, 2.05) is 49.1 Å². The first kappa shape index (κ1) is 24.9. The Morgan fingerprint density at radius 3 is 2.50 bits per heavy atom. The van der Waals surface area contributed by atoms with Crippen LogP contribution in [0.4, 0.5) is 0 Å². The minimum atomic E-state index is -0.0120. The number of piperidine rings is 2. The zero-order valence-electron chi connectivity index (χ0n) is 20.6. The Morgan fingerprint density at radius 1 is 1.09 bits per heavy atom. The van der Waals surface area contributed by atoms with Crippen molar-refractivity contribution in [3.8, 4) is 10.6 Å². The highest BCUT2D eigenvalue weighted by Crippen LogP contribution is 2.31. The standard InChI is InChI=1S/C27H38N4O2S/c1-20(25(32)28-14-9-17-30-15-7-4-8-16-30)22-12-18-31(19-13-22)27(33)24-21(2)29-26(34-24)23-10-5-3-6-11-23/h3,5-6,10-11,20,22H,4,7-9,12-19H2,1-2H3,(H,28,32)/t20-/m0/s1.